The molecule has 0 saturated heterocycles. The van der Waals surface area contributed by atoms with Crippen LogP contribution in [-0.2, 0) is 6.61 Å². The normalized spacial score (nSPS) is 12.0. The molecule has 0 aliphatic heterocycles. The predicted octanol–water partition coefficient (Wildman–Crippen LogP) is 4.96. The molecule has 5 aromatic rings. The summed E-state index contributed by atoms with van der Waals surface area (Å²) in [4.78, 5) is 18.3. The van der Waals surface area contributed by atoms with E-state index in [0.717, 1.165) is 25.7 Å². The topological polar surface area (TPSA) is 52.8 Å². The van der Waals surface area contributed by atoms with Gasteiger partial charge in [0.05, 0.1) is 26.2 Å². The van der Waals surface area contributed by atoms with Gasteiger partial charge in [0.1, 0.15) is 6.61 Å². The third-order valence-corrected chi connectivity index (χ3v) is 7.10. The van der Waals surface area contributed by atoms with Gasteiger partial charge in [-0.05, 0) is 76.5 Å². The van der Waals surface area contributed by atoms with Crippen LogP contribution in [0.1, 0.15) is 16.7 Å². The molecular formula is C25H19IN2O3S. The molecule has 0 radical (unpaired) electrons. The number of aryl methyl sites for hydroxylation is 1. The highest BCUT2D eigenvalue weighted by molar-refractivity contribution is 14.1. The number of nitrogens with zero attached hydrogens (tertiary/aromatic N) is 2. The smallest absolute Gasteiger partial charge is 0.274 e. The van der Waals surface area contributed by atoms with E-state index in [1.54, 1.807) is 11.5 Å². The summed E-state index contributed by atoms with van der Waals surface area (Å²) in [5.74, 6) is 1.33. The van der Waals surface area contributed by atoms with Crippen molar-refractivity contribution < 1.29 is 9.47 Å². The molecule has 0 atom stereocenters. The highest BCUT2D eigenvalue weighted by Crippen LogP contribution is 2.35. The molecule has 5 rings (SSSR count). The van der Waals surface area contributed by atoms with Crippen molar-refractivity contribution in [1.29, 1.82) is 0 Å². The van der Waals surface area contributed by atoms with Crippen LogP contribution in [0.15, 0.2) is 65.5 Å². The number of benzene rings is 3. The number of halogens is 1. The van der Waals surface area contributed by atoms with E-state index >= 15 is 0 Å². The molecule has 32 heavy (non-hydrogen) atoms. The number of fused-ring (bicyclic) bond motifs is 3. The van der Waals surface area contributed by atoms with Crippen LogP contribution in [0.4, 0.5) is 0 Å². The Morgan fingerprint density at radius 3 is 2.72 bits per heavy atom. The Morgan fingerprint density at radius 1 is 1.12 bits per heavy atom. The fourth-order valence-electron chi connectivity index (χ4n) is 3.65. The molecule has 0 aliphatic carbocycles. The van der Waals surface area contributed by atoms with Gasteiger partial charge in [-0.1, -0.05) is 47.7 Å². The quantitative estimate of drug-likeness (QED) is 0.289. The average Bonchev–Trinajstić information content (AvgIpc) is 3.30. The Labute approximate surface area is 202 Å². The number of rotatable bonds is 5. The van der Waals surface area contributed by atoms with Crippen LogP contribution in [0.5, 0.6) is 11.5 Å². The number of thiazole rings is 1. The van der Waals surface area contributed by atoms with Gasteiger partial charge in [-0.3, -0.25) is 4.79 Å². The summed E-state index contributed by atoms with van der Waals surface area (Å²) in [5, 5.41) is 0. The molecule has 5 nitrogen and oxygen atoms in total. The summed E-state index contributed by atoms with van der Waals surface area (Å²) in [7, 11) is 1.63. The van der Waals surface area contributed by atoms with Gasteiger partial charge in [-0.2, -0.15) is 0 Å². The van der Waals surface area contributed by atoms with E-state index in [2.05, 4.69) is 46.6 Å². The highest BCUT2D eigenvalue weighted by atomic mass is 127. The number of ether oxygens (including phenoxy) is 2. The molecule has 0 spiro atoms. The second-order valence-corrected chi connectivity index (χ2v) is 9.55. The summed E-state index contributed by atoms with van der Waals surface area (Å²) >= 11 is 3.63. The van der Waals surface area contributed by atoms with Crippen LogP contribution >= 0.6 is 33.9 Å². The van der Waals surface area contributed by atoms with Gasteiger partial charge in [0, 0.05) is 0 Å². The summed E-state index contributed by atoms with van der Waals surface area (Å²) < 4.78 is 15.0. The van der Waals surface area contributed by atoms with Crippen molar-refractivity contribution >= 4 is 56.0 Å². The van der Waals surface area contributed by atoms with E-state index in [0.29, 0.717) is 27.6 Å². The maximum atomic E-state index is 13.0. The minimum Gasteiger partial charge on any atom is -0.493 e. The molecule has 0 bridgehead atoms. The van der Waals surface area contributed by atoms with Crippen LogP contribution in [0, 0.1) is 10.5 Å². The van der Waals surface area contributed by atoms with Crippen molar-refractivity contribution in [2.24, 2.45) is 0 Å². The largest absolute Gasteiger partial charge is 0.493 e. The van der Waals surface area contributed by atoms with E-state index < -0.39 is 0 Å². The molecule has 0 saturated carbocycles. The van der Waals surface area contributed by atoms with Crippen LogP contribution in [0.2, 0.25) is 0 Å². The fraction of sp³-hybridized carbons (Fsp3) is 0.120. The molecule has 2 aromatic heterocycles. The lowest BCUT2D eigenvalue weighted by Crippen LogP contribution is -2.22. The number of hydrogen-bond donors (Lipinski definition) is 0. The lowest BCUT2D eigenvalue weighted by atomic mass is 10.1. The highest BCUT2D eigenvalue weighted by Gasteiger charge is 2.14. The second kappa shape index (κ2) is 8.55. The SMILES string of the molecule is COc1cc(C=c2sc3nc4ccccc4n3c2=O)cc(I)c1OCc1ccccc1C. The number of aromatic nitrogens is 2. The van der Waals surface area contributed by atoms with Gasteiger partial charge in [0.25, 0.3) is 5.56 Å². The first kappa shape index (κ1) is 21.0. The van der Waals surface area contributed by atoms with Gasteiger partial charge in [0.15, 0.2) is 16.5 Å². The van der Waals surface area contributed by atoms with Gasteiger partial charge in [0.2, 0.25) is 0 Å². The van der Waals surface area contributed by atoms with Crippen molar-refractivity contribution in [1.82, 2.24) is 9.38 Å². The zero-order valence-corrected chi connectivity index (χ0v) is 20.4. The van der Waals surface area contributed by atoms with Crippen LogP contribution < -0.4 is 19.6 Å². The number of imidazole rings is 1. The summed E-state index contributed by atoms with van der Waals surface area (Å²) in [6, 6.07) is 19.7. The zero-order valence-electron chi connectivity index (χ0n) is 17.5. The standard InChI is InChI=1S/C25H19IN2O3S/c1-15-7-3-4-8-17(15)14-31-23-18(26)11-16(12-21(23)30-2)13-22-24(29)28-20-10-6-5-9-19(20)27-25(28)32-22/h3-13H,14H2,1-2H3. The van der Waals surface area contributed by atoms with Crippen LogP contribution in [0.3, 0.4) is 0 Å². The van der Waals surface area contributed by atoms with Crippen molar-refractivity contribution in [2.45, 2.75) is 13.5 Å². The Hall–Kier alpha value is -2.91. The molecule has 2 heterocycles. The Kier molecular flexibility index (Phi) is 5.60. The third-order valence-electron chi connectivity index (χ3n) is 5.33. The van der Waals surface area contributed by atoms with E-state index in [-0.39, 0.29) is 5.56 Å². The van der Waals surface area contributed by atoms with E-state index in [9.17, 15) is 4.79 Å². The molecule has 0 fully saturated rings. The lowest BCUT2D eigenvalue weighted by molar-refractivity contribution is 0.281. The molecule has 3 aromatic carbocycles. The summed E-state index contributed by atoms with van der Waals surface area (Å²) in [6.45, 7) is 2.53. The number of hydrogen-bond acceptors (Lipinski definition) is 5. The maximum absolute atomic E-state index is 13.0. The minimum absolute atomic E-state index is 0.0624. The van der Waals surface area contributed by atoms with E-state index in [1.807, 2.05) is 54.6 Å². The first-order chi connectivity index (χ1) is 15.5. The summed E-state index contributed by atoms with van der Waals surface area (Å²) in [5.41, 5.74) is 4.79. The van der Waals surface area contributed by atoms with E-state index in [4.69, 9.17) is 9.47 Å². The molecule has 7 heteroatoms. The van der Waals surface area contributed by atoms with Crippen molar-refractivity contribution in [3.05, 3.63) is 95.8 Å². The monoisotopic (exact) mass is 554 g/mol. The molecule has 0 aliphatic rings. The maximum Gasteiger partial charge on any atom is 0.274 e. The molecular weight excluding hydrogens is 535 g/mol. The van der Waals surface area contributed by atoms with Crippen LogP contribution in [-0.4, -0.2) is 16.5 Å². The second-order valence-electron chi connectivity index (χ2n) is 7.38. The van der Waals surface area contributed by atoms with Gasteiger partial charge in [-0.25, -0.2) is 9.38 Å². The molecule has 160 valence electrons. The van der Waals surface area contributed by atoms with Crippen molar-refractivity contribution in [3.8, 4) is 11.5 Å². The predicted molar refractivity (Wildman–Crippen MR) is 137 cm³/mol. The minimum atomic E-state index is -0.0624. The lowest BCUT2D eigenvalue weighted by Gasteiger charge is -2.14. The van der Waals surface area contributed by atoms with Gasteiger partial charge < -0.3 is 9.47 Å². The zero-order chi connectivity index (χ0) is 22.2. The first-order valence-electron chi connectivity index (χ1n) is 10.0. The Balaban J connectivity index is 1.53. The average molecular weight is 554 g/mol. The molecule has 0 unspecified atom stereocenters. The third kappa shape index (κ3) is 3.75. The first-order valence-corrected chi connectivity index (χ1v) is 11.9. The fourth-order valence-corrected chi connectivity index (χ4v) is 5.42. The van der Waals surface area contributed by atoms with Crippen molar-refractivity contribution in [2.75, 3.05) is 7.11 Å². The van der Waals surface area contributed by atoms with Gasteiger partial charge >= 0.3 is 0 Å². The van der Waals surface area contributed by atoms with Crippen molar-refractivity contribution in [3.63, 3.8) is 0 Å². The van der Waals surface area contributed by atoms with Gasteiger partial charge in [-0.15, -0.1) is 0 Å². The van der Waals surface area contributed by atoms with Crippen LogP contribution in [0.25, 0.3) is 22.1 Å². The Bertz CT molecular complexity index is 1570. The summed E-state index contributed by atoms with van der Waals surface area (Å²) in [6.07, 6.45) is 1.88. The molecule has 0 amide bonds. The number of para-hydroxylation sites is 2. The number of methoxy groups -OCH3 is 1. The molecule has 0 N–H and O–H groups in total. The van der Waals surface area contributed by atoms with E-state index in [1.165, 1.54) is 16.9 Å². The Morgan fingerprint density at radius 2 is 1.91 bits per heavy atom.